The molecule has 0 unspecified atom stereocenters. The Morgan fingerprint density at radius 1 is 1.18 bits per heavy atom. The van der Waals surface area contributed by atoms with Crippen LogP contribution in [0.1, 0.15) is 38.2 Å². The van der Waals surface area contributed by atoms with Crippen LogP contribution in [0, 0.1) is 11.7 Å². The second kappa shape index (κ2) is 4.77. The molecule has 0 aliphatic heterocycles. The van der Waals surface area contributed by atoms with Crippen molar-refractivity contribution in [3.63, 3.8) is 0 Å². The highest BCUT2D eigenvalue weighted by Gasteiger charge is 2.37. The molecule has 1 radical (unpaired) electrons. The van der Waals surface area contributed by atoms with Gasteiger partial charge in [-0.3, -0.25) is 4.90 Å². The fourth-order valence-electron chi connectivity index (χ4n) is 2.86. The lowest BCUT2D eigenvalue weighted by molar-refractivity contribution is 0.105. The fraction of sp³-hybridized carbons (Fsp3) is 0.533. The molecule has 0 N–H and O–H groups in total. The molecule has 1 fully saturated rings. The highest BCUT2D eigenvalue weighted by Crippen LogP contribution is 2.43. The summed E-state index contributed by atoms with van der Waals surface area (Å²) < 4.78 is 13.4. The zero-order valence-electron chi connectivity index (χ0n) is 11.0. The predicted molar refractivity (Wildman–Crippen MR) is 69.2 cm³/mol. The molecule has 0 aromatic heterocycles. The van der Waals surface area contributed by atoms with Gasteiger partial charge in [0.15, 0.2) is 0 Å². The third kappa shape index (κ3) is 2.37. The number of benzene rings is 1. The van der Waals surface area contributed by atoms with Gasteiger partial charge in [-0.05, 0) is 63.4 Å². The molecule has 0 atom stereocenters. The van der Waals surface area contributed by atoms with E-state index in [1.54, 1.807) is 12.0 Å². The standard InChI is InChI=1S/C15H21FN/c1-12-7-9-15(10-8-12,17(2)3)13-5-4-6-14(16)11-13/h4-6,11H,7-10H2,1-3H3. The minimum absolute atomic E-state index is 0.0155. The molecular weight excluding hydrogens is 213 g/mol. The highest BCUT2D eigenvalue weighted by atomic mass is 19.1. The molecule has 2 heteroatoms. The zero-order valence-corrected chi connectivity index (χ0v) is 11.0. The van der Waals surface area contributed by atoms with Gasteiger partial charge in [0, 0.05) is 5.54 Å². The Bertz CT molecular complexity index is 378. The van der Waals surface area contributed by atoms with E-state index in [2.05, 4.69) is 32.0 Å². The first-order chi connectivity index (χ1) is 8.04. The van der Waals surface area contributed by atoms with Crippen molar-refractivity contribution in [2.75, 3.05) is 14.1 Å². The third-order valence-corrected chi connectivity index (χ3v) is 4.15. The smallest absolute Gasteiger partial charge is 0.123 e. The predicted octanol–water partition coefficient (Wildman–Crippen LogP) is 3.75. The molecule has 1 aromatic rings. The van der Waals surface area contributed by atoms with Gasteiger partial charge in [-0.25, -0.2) is 4.39 Å². The van der Waals surface area contributed by atoms with Gasteiger partial charge < -0.3 is 0 Å². The van der Waals surface area contributed by atoms with Crippen molar-refractivity contribution in [1.29, 1.82) is 0 Å². The number of nitrogens with zero attached hydrogens (tertiary/aromatic N) is 1. The van der Waals surface area contributed by atoms with Crippen LogP contribution in [0.25, 0.3) is 0 Å². The van der Waals surface area contributed by atoms with Crippen LogP contribution in [-0.4, -0.2) is 19.0 Å². The molecule has 2 rings (SSSR count). The monoisotopic (exact) mass is 234 g/mol. The summed E-state index contributed by atoms with van der Waals surface area (Å²) in [5.41, 5.74) is 1.14. The van der Waals surface area contributed by atoms with Crippen molar-refractivity contribution >= 4 is 0 Å². The van der Waals surface area contributed by atoms with Crippen molar-refractivity contribution < 1.29 is 4.39 Å². The summed E-state index contributed by atoms with van der Waals surface area (Å²) in [6.07, 6.45) is 4.48. The lowest BCUT2D eigenvalue weighted by Gasteiger charge is -2.45. The van der Waals surface area contributed by atoms with Crippen molar-refractivity contribution in [3.8, 4) is 0 Å². The summed E-state index contributed by atoms with van der Waals surface area (Å²) in [4.78, 5) is 2.26. The minimum atomic E-state index is -0.130. The van der Waals surface area contributed by atoms with E-state index in [-0.39, 0.29) is 11.4 Å². The number of hydrogen-bond donors (Lipinski definition) is 0. The van der Waals surface area contributed by atoms with E-state index in [1.807, 2.05) is 6.07 Å². The quantitative estimate of drug-likeness (QED) is 0.753. The Balaban J connectivity index is 2.35. The van der Waals surface area contributed by atoms with E-state index in [0.29, 0.717) is 0 Å². The van der Waals surface area contributed by atoms with Crippen LogP contribution in [0.5, 0.6) is 0 Å². The van der Waals surface area contributed by atoms with E-state index in [4.69, 9.17) is 0 Å². The molecule has 0 amide bonds. The lowest BCUT2D eigenvalue weighted by Crippen LogP contribution is -2.44. The zero-order chi connectivity index (χ0) is 12.5. The summed E-state index contributed by atoms with van der Waals surface area (Å²) in [7, 11) is 4.21. The summed E-state index contributed by atoms with van der Waals surface area (Å²) in [5, 5.41) is 0. The van der Waals surface area contributed by atoms with Gasteiger partial charge in [0.2, 0.25) is 0 Å². The number of halogens is 1. The molecule has 0 spiro atoms. The average molecular weight is 234 g/mol. The van der Waals surface area contributed by atoms with Gasteiger partial charge in [-0.2, -0.15) is 0 Å². The first-order valence-electron chi connectivity index (χ1n) is 6.29. The Morgan fingerprint density at radius 2 is 1.82 bits per heavy atom. The van der Waals surface area contributed by atoms with Gasteiger partial charge in [-0.1, -0.05) is 19.1 Å². The molecule has 0 saturated heterocycles. The maximum Gasteiger partial charge on any atom is 0.123 e. The van der Waals surface area contributed by atoms with E-state index < -0.39 is 0 Å². The van der Waals surface area contributed by atoms with Crippen LogP contribution in [0.4, 0.5) is 4.39 Å². The lowest BCUT2D eigenvalue weighted by atomic mass is 9.72. The maximum absolute atomic E-state index is 13.4. The largest absolute Gasteiger partial charge is 0.300 e. The second-order valence-corrected chi connectivity index (χ2v) is 5.39. The van der Waals surface area contributed by atoms with Crippen molar-refractivity contribution in [3.05, 3.63) is 41.6 Å². The van der Waals surface area contributed by atoms with Crippen LogP contribution >= 0.6 is 0 Å². The third-order valence-electron chi connectivity index (χ3n) is 4.15. The summed E-state index contributed by atoms with van der Waals surface area (Å²) >= 11 is 0. The molecule has 1 aliphatic carbocycles. The fourth-order valence-corrected chi connectivity index (χ4v) is 2.86. The number of hydrogen-bond acceptors (Lipinski definition) is 1. The van der Waals surface area contributed by atoms with Gasteiger partial charge in [0.1, 0.15) is 5.82 Å². The van der Waals surface area contributed by atoms with Gasteiger partial charge in [0.25, 0.3) is 0 Å². The molecule has 0 bridgehead atoms. The first-order valence-corrected chi connectivity index (χ1v) is 6.29. The van der Waals surface area contributed by atoms with Crippen LogP contribution in [-0.2, 0) is 5.54 Å². The molecule has 0 heterocycles. The Hall–Kier alpha value is -0.890. The first kappa shape index (κ1) is 12.6. The van der Waals surface area contributed by atoms with E-state index in [0.717, 1.165) is 31.2 Å². The van der Waals surface area contributed by atoms with Crippen molar-refractivity contribution in [1.82, 2.24) is 4.90 Å². The Kier molecular flexibility index (Phi) is 3.53. The van der Waals surface area contributed by atoms with Crippen molar-refractivity contribution in [2.45, 2.75) is 38.1 Å². The number of rotatable bonds is 2. The van der Waals surface area contributed by atoms with Crippen LogP contribution in [0.15, 0.2) is 24.3 Å². The maximum atomic E-state index is 13.4. The molecule has 1 saturated carbocycles. The second-order valence-electron chi connectivity index (χ2n) is 5.39. The summed E-state index contributed by atoms with van der Waals surface area (Å²) in [5.74, 6) is 1.44. The van der Waals surface area contributed by atoms with E-state index in [9.17, 15) is 4.39 Å². The minimum Gasteiger partial charge on any atom is -0.300 e. The van der Waals surface area contributed by atoms with Crippen LogP contribution < -0.4 is 0 Å². The molecular formula is C15H21FN. The summed E-state index contributed by atoms with van der Waals surface area (Å²) in [6, 6.07) is 7.10. The molecule has 17 heavy (non-hydrogen) atoms. The van der Waals surface area contributed by atoms with Gasteiger partial charge >= 0.3 is 0 Å². The molecule has 1 aromatic carbocycles. The molecule has 1 nitrogen and oxygen atoms in total. The Morgan fingerprint density at radius 3 is 2.35 bits per heavy atom. The topological polar surface area (TPSA) is 3.24 Å². The van der Waals surface area contributed by atoms with E-state index in [1.165, 1.54) is 6.07 Å². The SMILES string of the molecule is C[C]1CCC(c2cccc(F)c2)(N(C)C)CC1. The normalized spacial score (nSPS) is 20.8. The average Bonchev–Trinajstić information content (AvgIpc) is 2.30. The van der Waals surface area contributed by atoms with Crippen LogP contribution in [0.3, 0.4) is 0 Å². The van der Waals surface area contributed by atoms with Gasteiger partial charge in [-0.15, -0.1) is 0 Å². The highest BCUT2D eigenvalue weighted by molar-refractivity contribution is 5.27. The van der Waals surface area contributed by atoms with Crippen molar-refractivity contribution in [2.24, 2.45) is 0 Å². The Labute approximate surface area is 104 Å². The van der Waals surface area contributed by atoms with Gasteiger partial charge in [0.05, 0.1) is 0 Å². The van der Waals surface area contributed by atoms with E-state index >= 15 is 0 Å². The molecule has 1 aliphatic rings. The summed E-state index contributed by atoms with van der Waals surface area (Å²) in [6.45, 7) is 2.23. The van der Waals surface area contributed by atoms with Crippen LogP contribution in [0.2, 0.25) is 0 Å². The molecule has 93 valence electrons.